The summed E-state index contributed by atoms with van der Waals surface area (Å²) in [6, 6.07) is 6.16. The molecule has 0 bridgehead atoms. The number of rotatable bonds is 7. The van der Waals surface area contributed by atoms with Gasteiger partial charge in [0.2, 0.25) is 0 Å². The molecule has 5 heteroatoms. The Kier molecular flexibility index (Phi) is 6.02. The second-order valence-electron chi connectivity index (χ2n) is 4.38. The molecule has 0 aliphatic heterocycles. The van der Waals surface area contributed by atoms with E-state index >= 15 is 0 Å². The number of benzene rings is 1. The monoisotopic (exact) mass is 265 g/mol. The molecule has 0 aliphatic rings. The highest BCUT2D eigenvalue weighted by Gasteiger charge is 2.14. The van der Waals surface area contributed by atoms with Gasteiger partial charge in [-0.25, -0.2) is 4.79 Å². The van der Waals surface area contributed by atoms with Crippen molar-refractivity contribution in [2.24, 2.45) is 0 Å². The van der Waals surface area contributed by atoms with Gasteiger partial charge in [0.05, 0.1) is 17.2 Å². The van der Waals surface area contributed by atoms with Crippen LogP contribution >= 0.6 is 0 Å². The molecule has 104 valence electrons. The van der Waals surface area contributed by atoms with E-state index in [1.165, 1.54) is 12.1 Å². The third kappa shape index (κ3) is 5.09. The van der Waals surface area contributed by atoms with Gasteiger partial charge in [0.25, 0.3) is 5.91 Å². The number of carboxylic acid groups (broad SMARTS) is 1. The fourth-order valence-corrected chi connectivity index (χ4v) is 1.56. The minimum absolute atomic E-state index is 0.0124. The fourth-order valence-electron chi connectivity index (χ4n) is 1.56. The van der Waals surface area contributed by atoms with Crippen molar-refractivity contribution in [2.45, 2.75) is 26.4 Å². The molecule has 0 heterocycles. The van der Waals surface area contributed by atoms with Gasteiger partial charge >= 0.3 is 5.97 Å². The van der Waals surface area contributed by atoms with Gasteiger partial charge in [-0.3, -0.25) is 4.79 Å². The zero-order chi connectivity index (χ0) is 14.3. The first-order valence-electron chi connectivity index (χ1n) is 6.24. The van der Waals surface area contributed by atoms with Crippen molar-refractivity contribution in [2.75, 3.05) is 13.2 Å². The van der Waals surface area contributed by atoms with Crippen molar-refractivity contribution in [3.63, 3.8) is 0 Å². The number of nitrogens with one attached hydrogen (secondary N) is 1. The van der Waals surface area contributed by atoms with Crippen LogP contribution in [0.4, 0.5) is 0 Å². The van der Waals surface area contributed by atoms with E-state index in [9.17, 15) is 9.59 Å². The van der Waals surface area contributed by atoms with Crippen LogP contribution in [0.15, 0.2) is 24.3 Å². The number of carbonyl (C=O) groups excluding carboxylic acids is 1. The molecule has 0 saturated carbocycles. The van der Waals surface area contributed by atoms with Crippen LogP contribution in [0.1, 0.15) is 41.0 Å². The zero-order valence-corrected chi connectivity index (χ0v) is 11.2. The lowest BCUT2D eigenvalue weighted by atomic mass is 10.1. The molecule has 0 spiro atoms. The van der Waals surface area contributed by atoms with Gasteiger partial charge in [-0.2, -0.15) is 0 Å². The highest BCUT2D eigenvalue weighted by Crippen LogP contribution is 2.08. The minimum Gasteiger partial charge on any atom is -0.478 e. The maximum absolute atomic E-state index is 11.9. The highest BCUT2D eigenvalue weighted by atomic mass is 16.5. The Morgan fingerprint density at radius 3 is 2.47 bits per heavy atom. The van der Waals surface area contributed by atoms with Crippen molar-refractivity contribution in [3.05, 3.63) is 35.4 Å². The number of ether oxygens (including phenoxy) is 1. The molecule has 0 aliphatic carbocycles. The summed E-state index contributed by atoms with van der Waals surface area (Å²) in [6.45, 7) is 4.92. The van der Waals surface area contributed by atoms with Crippen LogP contribution < -0.4 is 5.32 Å². The second kappa shape index (κ2) is 7.53. The lowest BCUT2D eigenvalue weighted by molar-refractivity contribution is 0.0688. The van der Waals surface area contributed by atoms with Crippen LogP contribution in [-0.4, -0.2) is 36.2 Å². The number of carboxylic acids is 1. The van der Waals surface area contributed by atoms with E-state index in [-0.39, 0.29) is 23.1 Å². The summed E-state index contributed by atoms with van der Waals surface area (Å²) >= 11 is 0. The number of hydrogen-bond donors (Lipinski definition) is 2. The Labute approximate surface area is 112 Å². The van der Waals surface area contributed by atoms with Crippen LogP contribution in [0.5, 0.6) is 0 Å². The zero-order valence-electron chi connectivity index (χ0n) is 11.2. The van der Waals surface area contributed by atoms with Crippen LogP contribution in [0.2, 0.25) is 0 Å². The molecule has 1 amide bonds. The van der Waals surface area contributed by atoms with Gasteiger partial charge in [-0.05, 0) is 32.4 Å². The van der Waals surface area contributed by atoms with Gasteiger partial charge in [0.1, 0.15) is 0 Å². The van der Waals surface area contributed by atoms with E-state index in [2.05, 4.69) is 5.32 Å². The number of amides is 1. The molecule has 0 radical (unpaired) electrons. The van der Waals surface area contributed by atoms with Gasteiger partial charge in [-0.15, -0.1) is 0 Å². The standard InChI is InChI=1S/C14H19NO4/c1-10(2)19-9-5-8-15-13(16)11-6-3-4-7-12(11)14(17)18/h3-4,6-7,10H,5,8-9H2,1-2H3,(H,15,16)(H,17,18). The van der Waals surface area contributed by atoms with Crippen LogP contribution in [0.3, 0.4) is 0 Å². The third-order valence-corrected chi connectivity index (χ3v) is 2.46. The number of hydrogen-bond acceptors (Lipinski definition) is 3. The average molecular weight is 265 g/mol. The lowest BCUT2D eigenvalue weighted by Crippen LogP contribution is -2.27. The Balaban J connectivity index is 2.48. The van der Waals surface area contributed by atoms with Crippen molar-refractivity contribution in [3.8, 4) is 0 Å². The van der Waals surface area contributed by atoms with Crippen molar-refractivity contribution in [1.29, 1.82) is 0 Å². The molecule has 1 aromatic rings. The first-order valence-corrected chi connectivity index (χ1v) is 6.24. The SMILES string of the molecule is CC(C)OCCCNC(=O)c1ccccc1C(=O)O. The Hall–Kier alpha value is -1.88. The molecule has 19 heavy (non-hydrogen) atoms. The molecule has 0 fully saturated rings. The summed E-state index contributed by atoms with van der Waals surface area (Å²) in [4.78, 5) is 22.8. The maximum atomic E-state index is 11.9. The first kappa shape index (κ1) is 15.2. The summed E-state index contributed by atoms with van der Waals surface area (Å²) in [5.41, 5.74) is 0.193. The lowest BCUT2D eigenvalue weighted by Gasteiger charge is -2.09. The topological polar surface area (TPSA) is 75.6 Å². The normalized spacial score (nSPS) is 10.5. The molecule has 1 aromatic carbocycles. The van der Waals surface area contributed by atoms with E-state index < -0.39 is 5.97 Å². The van der Waals surface area contributed by atoms with Gasteiger partial charge < -0.3 is 15.2 Å². The van der Waals surface area contributed by atoms with Gasteiger partial charge in [-0.1, -0.05) is 12.1 Å². The molecule has 1 rings (SSSR count). The number of aromatic carboxylic acids is 1. The van der Waals surface area contributed by atoms with E-state index in [1.807, 2.05) is 13.8 Å². The predicted molar refractivity (Wildman–Crippen MR) is 71.4 cm³/mol. The quantitative estimate of drug-likeness (QED) is 0.739. The summed E-state index contributed by atoms with van der Waals surface area (Å²) in [5.74, 6) is -1.48. The van der Waals surface area contributed by atoms with E-state index in [1.54, 1.807) is 12.1 Å². The van der Waals surface area contributed by atoms with E-state index in [4.69, 9.17) is 9.84 Å². The highest BCUT2D eigenvalue weighted by molar-refractivity contribution is 6.04. The molecular weight excluding hydrogens is 246 g/mol. The Morgan fingerprint density at radius 2 is 1.89 bits per heavy atom. The van der Waals surface area contributed by atoms with Crippen molar-refractivity contribution in [1.82, 2.24) is 5.32 Å². The van der Waals surface area contributed by atoms with Crippen LogP contribution in [-0.2, 0) is 4.74 Å². The maximum Gasteiger partial charge on any atom is 0.336 e. The minimum atomic E-state index is -1.10. The molecule has 0 unspecified atom stereocenters. The summed E-state index contributed by atoms with van der Waals surface area (Å²) in [5, 5.41) is 11.7. The fraction of sp³-hybridized carbons (Fsp3) is 0.429. The second-order valence-corrected chi connectivity index (χ2v) is 4.38. The van der Waals surface area contributed by atoms with Crippen molar-refractivity contribution >= 4 is 11.9 Å². The van der Waals surface area contributed by atoms with Crippen LogP contribution in [0, 0.1) is 0 Å². The largest absolute Gasteiger partial charge is 0.478 e. The van der Waals surface area contributed by atoms with Gasteiger partial charge in [0.15, 0.2) is 0 Å². The van der Waals surface area contributed by atoms with Crippen molar-refractivity contribution < 1.29 is 19.4 Å². The molecule has 2 N–H and O–H groups in total. The summed E-state index contributed by atoms with van der Waals surface area (Å²) in [6.07, 6.45) is 0.863. The number of carbonyl (C=O) groups is 2. The molecule has 0 saturated heterocycles. The molecular formula is C14H19NO4. The van der Waals surface area contributed by atoms with Gasteiger partial charge in [0, 0.05) is 13.2 Å². The summed E-state index contributed by atoms with van der Waals surface area (Å²) < 4.78 is 5.35. The predicted octanol–water partition coefficient (Wildman–Crippen LogP) is 1.93. The average Bonchev–Trinajstić information content (AvgIpc) is 2.37. The van der Waals surface area contributed by atoms with Crippen LogP contribution in [0.25, 0.3) is 0 Å². The third-order valence-electron chi connectivity index (χ3n) is 2.46. The Morgan fingerprint density at radius 1 is 1.26 bits per heavy atom. The Bertz CT molecular complexity index is 443. The van der Waals surface area contributed by atoms with E-state index in [0.29, 0.717) is 19.6 Å². The van der Waals surface area contributed by atoms with E-state index in [0.717, 1.165) is 0 Å². The molecule has 0 aromatic heterocycles. The molecule has 5 nitrogen and oxygen atoms in total. The summed E-state index contributed by atoms with van der Waals surface area (Å²) in [7, 11) is 0. The first-order chi connectivity index (χ1) is 9.02. The smallest absolute Gasteiger partial charge is 0.336 e. The molecule has 0 atom stereocenters.